The number of benzene rings is 1. The standard InChI is InChI=1S/C12H10N4O/c13-9-4-5-10-12(16-7-6-15-10)8(9)2-1-3-11(14)17/h4-7H,3,13H2,(H2,14,17). The molecule has 1 heterocycles. The van der Waals surface area contributed by atoms with Crippen LogP contribution < -0.4 is 11.5 Å². The first-order valence-corrected chi connectivity index (χ1v) is 4.95. The molecule has 17 heavy (non-hydrogen) atoms. The molecule has 2 aromatic rings. The highest BCUT2D eigenvalue weighted by Crippen LogP contribution is 2.19. The van der Waals surface area contributed by atoms with Crippen LogP contribution >= 0.6 is 0 Å². The third-order valence-corrected chi connectivity index (χ3v) is 2.15. The second kappa shape index (κ2) is 4.49. The number of anilines is 1. The lowest BCUT2D eigenvalue weighted by atomic mass is 10.1. The van der Waals surface area contributed by atoms with E-state index >= 15 is 0 Å². The fraction of sp³-hybridized carbons (Fsp3) is 0.0833. The summed E-state index contributed by atoms with van der Waals surface area (Å²) in [6, 6.07) is 3.49. The molecule has 0 unspecified atom stereocenters. The second-order valence-electron chi connectivity index (χ2n) is 3.40. The van der Waals surface area contributed by atoms with Crippen molar-refractivity contribution in [2.75, 3.05) is 5.73 Å². The van der Waals surface area contributed by atoms with Crippen LogP contribution in [0.25, 0.3) is 11.0 Å². The molecular weight excluding hydrogens is 216 g/mol. The predicted octanol–water partition coefficient (Wildman–Crippen LogP) is 0.439. The molecule has 0 aliphatic heterocycles. The number of carbonyl (C=O) groups excluding carboxylic acids is 1. The lowest BCUT2D eigenvalue weighted by Crippen LogP contribution is -2.08. The molecule has 0 fully saturated rings. The minimum Gasteiger partial charge on any atom is -0.398 e. The number of fused-ring (bicyclic) bond motifs is 1. The average Bonchev–Trinajstić information content (AvgIpc) is 2.32. The van der Waals surface area contributed by atoms with Gasteiger partial charge in [0.2, 0.25) is 5.91 Å². The molecule has 2 rings (SSSR count). The van der Waals surface area contributed by atoms with E-state index in [2.05, 4.69) is 21.8 Å². The number of nitrogen functional groups attached to an aromatic ring is 1. The van der Waals surface area contributed by atoms with Gasteiger partial charge < -0.3 is 11.5 Å². The average molecular weight is 226 g/mol. The quantitative estimate of drug-likeness (QED) is 0.544. The van der Waals surface area contributed by atoms with E-state index in [-0.39, 0.29) is 6.42 Å². The summed E-state index contributed by atoms with van der Waals surface area (Å²) in [6.07, 6.45) is 3.16. The van der Waals surface area contributed by atoms with Crippen LogP contribution in [-0.2, 0) is 4.79 Å². The molecule has 1 amide bonds. The van der Waals surface area contributed by atoms with Crippen LogP contribution in [-0.4, -0.2) is 15.9 Å². The summed E-state index contributed by atoms with van der Waals surface area (Å²) in [5.41, 5.74) is 13.3. The van der Waals surface area contributed by atoms with Crippen LogP contribution in [0.1, 0.15) is 12.0 Å². The largest absolute Gasteiger partial charge is 0.398 e. The normalized spacial score (nSPS) is 9.65. The monoisotopic (exact) mass is 226 g/mol. The smallest absolute Gasteiger partial charge is 0.229 e. The number of hydrogen-bond donors (Lipinski definition) is 2. The highest BCUT2D eigenvalue weighted by atomic mass is 16.1. The molecule has 1 aromatic heterocycles. The van der Waals surface area contributed by atoms with Gasteiger partial charge >= 0.3 is 0 Å². The van der Waals surface area contributed by atoms with E-state index in [0.29, 0.717) is 22.3 Å². The van der Waals surface area contributed by atoms with Crippen LogP contribution in [0.5, 0.6) is 0 Å². The van der Waals surface area contributed by atoms with Gasteiger partial charge in [0.1, 0.15) is 5.52 Å². The summed E-state index contributed by atoms with van der Waals surface area (Å²) in [7, 11) is 0. The Morgan fingerprint density at radius 2 is 2.06 bits per heavy atom. The molecule has 0 saturated carbocycles. The van der Waals surface area contributed by atoms with Crippen LogP contribution in [0.4, 0.5) is 5.69 Å². The van der Waals surface area contributed by atoms with Crippen molar-refractivity contribution >= 4 is 22.6 Å². The predicted molar refractivity (Wildman–Crippen MR) is 64.6 cm³/mol. The fourth-order valence-corrected chi connectivity index (χ4v) is 1.40. The van der Waals surface area contributed by atoms with Crippen molar-refractivity contribution in [3.63, 3.8) is 0 Å². The molecule has 0 aliphatic rings. The zero-order valence-electron chi connectivity index (χ0n) is 8.97. The number of aromatic nitrogens is 2. The molecule has 0 aliphatic carbocycles. The van der Waals surface area contributed by atoms with E-state index in [1.807, 2.05) is 0 Å². The van der Waals surface area contributed by atoms with Gasteiger partial charge in [0.25, 0.3) is 0 Å². The van der Waals surface area contributed by atoms with E-state index in [0.717, 1.165) is 0 Å². The maximum atomic E-state index is 10.6. The number of amides is 1. The van der Waals surface area contributed by atoms with Crippen molar-refractivity contribution in [1.82, 2.24) is 9.97 Å². The van der Waals surface area contributed by atoms with Crippen LogP contribution in [0, 0.1) is 11.8 Å². The van der Waals surface area contributed by atoms with Crippen LogP contribution in [0.15, 0.2) is 24.5 Å². The molecule has 0 spiro atoms. The first-order chi connectivity index (χ1) is 8.18. The van der Waals surface area contributed by atoms with E-state index < -0.39 is 5.91 Å². The third kappa shape index (κ3) is 2.32. The van der Waals surface area contributed by atoms with Gasteiger partial charge in [-0.25, -0.2) is 0 Å². The van der Waals surface area contributed by atoms with Crippen molar-refractivity contribution in [2.45, 2.75) is 6.42 Å². The number of nitrogens with two attached hydrogens (primary N) is 2. The van der Waals surface area contributed by atoms with Gasteiger partial charge in [-0.15, -0.1) is 0 Å². The summed E-state index contributed by atoms with van der Waals surface area (Å²) in [5.74, 6) is 5.00. The Balaban J connectivity index is 2.54. The van der Waals surface area contributed by atoms with Gasteiger partial charge in [-0.1, -0.05) is 11.8 Å². The van der Waals surface area contributed by atoms with Gasteiger partial charge in [0, 0.05) is 18.1 Å². The fourth-order valence-electron chi connectivity index (χ4n) is 1.40. The SMILES string of the molecule is NC(=O)CC#Cc1c(N)ccc2nccnc12. The van der Waals surface area contributed by atoms with E-state index in [4.69, 9.17) is 11.5 Å². The minimum atomic E-state index is -0.470. The Hall–Kier alpha value is -2.61. The molecule has 0 bridgehead atoms. The maximum absolute atomic E-state index is 10.6. The maximum Gasteiger partial charge on any atom is 0.229 e. The Morgan fingerprint density at radius 1 is 1.29 bits per heavy atom. The summed E-state index contributed by atoms with van der Waals surface area (Å²) in [4.78, 5) is 18.9. The number of primary amides is 1. The van der Waals surface area contributed by atoms with Crippen LogP contribution in [0.3, 0.4) is 0 Å². The van der Waals surface area contributed by atoms with Crippen molar-refractivity contribution < 1.29 is 4.79 Å². The van der Waals surface area contributed by atoms with Gasteiger partial charge in [-0.05, 0) is 12.1 Å². The lowest BCUT2D eigenvalue weighted by Gasteiger charge is -2.01. The van der Waals surface area contributed by atoms with E-state index in [1.165, 1.54) is 0 Å². The highest BCUT2D eigenvalue weighted by molar-refractivity contribution is 5.87. The van der Waals surface area contributed by atoms with Crippen molar-refractivity contribution in [1.29, 1.82) is 0 Å². The molecule has 5 heteroatoms. The summed E-state index contributed by atoms with van der Waals surface area (Å²) < 4.78 is 0. The first-order valence-electron chi connectivity index (χ1n) is 4.95. The summed E-state index contributed by atoms with van der Waals surface area (Å²) in [6.45, 7) is 0. The van der Waals surface area contributed by atoms with Gasteiger partial charge in [-0.3, -0.25) is 14.8 Å². The number of rotatable bonds is 1. The first kappa shape index (κ1) is 10.9. The summed E-state index contributed by atoms with van der Waals surface area (Å²) >= 11 is 0. The molecule has 0 saturated heterocycles. The highest BCUT2D eigenvalue weighted by Gasteiger charge is 2.04. The zero-order valence-corrected chi connectivity index (χ0v) is 8.97. The number of hydrogen-bond acceptors (Lipinski definition) is 4. The third-order valence-electron chi connectivity index (χ3n) is 2.15. The molecule has 5 nitrogen and oxygen atoms in total. The minimum absolute atomic E-state index is 0.00388. The molecule has 84 valence electrons. The Morgan fingerprint density at radius 3 is 2.82 bits per heavy atom. The Labute approximate surface area is 97.9 Å². The van der Waals surface area contributed by atoms with Crippen LogP contribution in [0.2, 0.25) is 0 Å². The van der Waals surface area contributed by atoms with Crippen molar-refractivity contribution in [3.8, 4) is 11.8 Å². The van der Waals surface area contributed by atoms with Crippen molar-refractivity contribution in [3.05, 3.63) is 30.1 Å². The van der Waals surface area contributed by atoms with Gasteiger partial charge in [-0.2, -0.15) is 0 Å². The topological polar surface area (TPSA) is 94.9 Å². The van der Waals surface area contributed by atoms with Gasteiger partial charge in [0.05, 0.1) is 17.5 Å². The molecule has 1 aromatic carbocycles. The second-order valence-corrected chi connectivity index (χ2v) is 3.40. The van der Waals surface area contributed by atoms with E-state index in [9.17, 15) is 4.79 Å². The Bertz CT molecular complexity index is 640. The molecule has 0 atom stereocenters. The molecular formula is C12H10N4O. The number of nitrogens with zero attached hydrogens (tertiary/aromatic N) is 2. The summed E-state index contributed by atoms with van der Waals surface area (Å²) in [5, 5.41) is 0. The zero-order chi connectivity index (χ0) is 12.3. The lowest BCUT2D eigenvalue weighted by molar-refractivity contribution is -0.117. The van der Waals surface area contributed by atoms with E-state index in [1.54, 1.807) is 24.5 Å². The molecule has 4 N–H and O–H groups in total. The Kier molecular flexibility index (Phi) is 2.88. The van der Waals surface area contributed by atoms with Crippen molar-refractivity contribution in [2.24, 2.45) is 5.73 Å². The molecule has 0 radical (unpaired) electrons. The number of carbonyl (C=O) groups is 1. The van der Waals surface area contributed by atoms with Gasteiger partial charge in [0.15, 0.2) is 0 Å².